The topological polar surface area (TPSA) is 87.3 Å². The zero-order chi connectivity index (χ0) is 18.7. The van der Waals surface area contributed by atoms with Crippen LogP contribution in [0, 0.1) is 13.8 Å². The van der Waals surface area contributed by atoms with E-state index in [0.717, 1.165) is 18.7 Å². The molecule has 1 aromatic heterocycles. The Hall–Kier alpha value is -1.45. The van der Waals surface area contributed by atoms with Gasteiger partial charge in [-0.3, -0.25) is 10.00 Å². The van der Waals surface area contributed by atoms with Gasteiger partial charge in [-0.25, -0.2) is 13.1 Å². The van der Waals surface area contributed by atoms with Crippen LogP contribution in [-0.4, -0.2) is 56.4 Å². The molecule has 1 saturated heterocycles. The largest absolute Gasteiger partial charge is 0.379 e. The molecule has 3 rings (SSSR count). The molecule has 0 bridgehead atoms. The molecular formula is C17H23ClN4O3S. The first kappa shape index (κ1) is 19.3. The zero-order valence-electron chi connectivity index (χ0n) is 14.8. The number of halogens is 1. The number of morpholine rings is 1. The summed E-state index contributed by atoms with van der Waals surface area (Å²) in [5, 5.41) is 7.32. The Balaban J connectivity index is 1.85. The second-order valence-electron chi connectivity index (χ2n) is 6.30. The van der Waals surface area contributed by atoms with Gasteiger partial charge in [-0.15, -0.1) is 0 Å². The molecule has 26 heavy (non-hydrogen) atoms. The van der Waals surface area contributed by atoms with Gasteiger partial charge in [-0.05, 0) is 25.5 Å². The standard InChI is InChI=1S/C17H23ClN4O3S/c1-12-17(13(2)21-20-12)26(23,24)19-11-16(22-7-9-25-10-8-22)14-5-3-4-6-15(14)18/h3-6,16,19H,7-11H2,1-2H3,(H,20,21). The smallest absolute Gasteiger partial charge is 0.244 e. The van der Waals surface area contributed by atoms with Gasteiger partial charge in [0.1, 0.15) is 4.90 Å². The molecule has 1 aliphatic heterocycles. The van der Waals surface area contributed by atoms with E-state index in [9.17, 15) is 8.42 Å². The van der Waals surface area contributed by atoms with Gasteiger partial charge in [0.2, 0.25) is 10.0 Å². The lowest BCUT2D eigenvalue weighted by molar-refractivity contribution is 0.0172. The van der Waals surface area contributed by atoms with E-state index in [-0.39, 0.29) is 17.5 Å². The molecule has 0 radical (unpaired) electrons. The number of sulfonamides is 1. The minimum absolute atomic E-state index is 0.171. The SMILES string of the molecule is Cc1n[nH]c(C)c1S(=O)(=O)NCC(c1ccccc1Cl)N1CCOCC1. The van der Waals surface area contributed by atoms with Crippen molar-refractivity contribution in [1.29, 1.82) is 0 Å². The van der Waals surface area contributed by atoms with Crippen LogP contribution < -0.4 is 4.72 Å². The number of hydrogen-bond donors (Lipinski definition) is 2. The maximum atomic E-state index is 12.8. The van der Waals surface area contributed by atoms with Crippen molar-refractivity contribution in [1.82, 2.24) is 19.8 Å². The van der Waals surface area contributed by atoms with Crippen molar-refractivity contribution >= 4 is 21.6 Å². The Kier molecular flexibility index (Phi) is 5.99. The van der Waals surface area contributed by atoms with Crippen molar-refractivity contribution in [3.8, 4) is 0 Å². The molecule has 7 nitrogen and oxygen atoms in total. The quantitative estimate of drug-likeness (QED) is 0.777. The van der Waals surface area contributed by atoms with E-state index in [2.05, 4.69) is 19.8 Å². The third-order valence-corrected chi connectivity index (χ3v) is 6.58. The Morgan fingerprint density at radius 3 is 2.62 bits per heavy atom. The normalized spacial score (nSPS) is 17.3. The summed E-state index contributed by atoms with van der Waals surface area (Å²) in [5.74, 6) is 0. The van der Waals surface area contributed by atoms with Gasteiger partial charge >= 0.3 is 0 Å². The average Bonchev–Trinajstić information content (AvgIpc) is 2.97. The summed E-state index contributed by atoms with van der Waals surface area (Å²) in [6.07, 6.45) is 0. The van der Waals surface area contributed by atoms with Crippen LogP contribution in [0.4, 0.5) is 0 Å². The van der Waals surface area contributed by atoms with E-state index in [1.54, 1.807) is 13.8 Å². The molecule has 142 valence electrons. The van der Waals surface area contributed by atoms with E-state index in [4.69, 9.17) is 16.3 Å². The summed E-state index contributed by atoms with van der Waals surface area (Å²) in [5.41, 5.74) is 1.88. The summed E-state index contributed by atoms with van der Waals surface area (Å²) < 4.78 is 33.7. The summed E-state index contributed by atoms with van der Waals surface area (Å²) in [6.45, 7) is 6.27. The molecule has 2 heterocycles. The Labute approximate surface area is 158 Å². The molecule has 1 aliphatic rings. The zero-order valence-corrected chi connectivity index (χ0v) is 16.4. The predicted octanol–water partition coefficient (Wildman–Crippen LogP) is 2.03. The minimum Gasteiger partial charge on any atom is -0.379 e. The molecule has 0 saturated carbocycles. The van der Waals surface area contributed by atoms with E-state index >= 15 is 0 Å². The number of hydrogen-bond acceptors (Lipinski definition) is 5. The van der Waals surface area contributed by atoms with E-state index < -0.39 is 10.0 Å². The highest BCUT2D eigenvalue weighted by Crippen LogP contribution is 2.28. The first-order valence-electron chi connectivity index (χ1n) is 8.47. The second kappa shape index (κ2) is 8.06. The predicted molar refractivity (Wildman–Crippen MR) is 99.8 cm³/mol. The van der Waals surface area contributed by atoms with Gasteiger partial charge in [-0.2, -0.15) is 5.10 Å². The first-order valence-corrected chi connectivity index (χ1v) is 10.3. The third kappa shape index (κ3) is 4.10. The molecule has 0 spiro atoms. The molecule has 0 amide bonds. The van der Waals surface area contributed by atoms with E-state index in [0.29, 0.717) is 29.6 Å². The lowest BCUT2D eigenvalue weighted by atomic mass is 10.0. The van der Waals surface area contributed by atoms with Crippen LogP contribution in [0.1, 0.15) is 23.0 Å². The van der Waals surface area contributed by atoms with Crippen molar-refractivity contribution in [3.05, 3.63) is 46.2 Å². The molecule has 1 fully saturated rings. The summed E-state index contributed by atoms with van der Waals surface area (Å²) >= 11 is 6.39. The summed E-state index contributed by atoms with van der Waals surface area (Å²) in [6, 6.07) is 7.36. The maximum absolute atomic E-state index is 12.8. The van der Waals surface area contributed by atoms with Gasteiger partial charge in [0.15, 0.2) is 0 Å². The summed E-state index contributed by atoms with van der Waals surface area (Å²) in [7, 11) is -3.68. The maximum Gasteiger partial charge on any atom is 0.244 e. The van der Waals surface area contributed by atoms with E-state index in [1.807, 2.05) is 24.3 Å². The van der Waals surface area contributed by atoms with Crippen molar-refractivity contribution in [2.75, 3.05) is 32.8 Å². The lowest BCUT2D eigenvalue weighted by Crippen LogP contribution is -2.44. The molecule has 0 aliphatic carbocycles. The number of rotatable bonds is 6. The molecule has 1 unspecified atom stereocenters. The summed E-state index contributed by atoms with van der Waals surface area (Å²) in [4.78, 5) is 2.40. The van der Waals surface area contributed by atoms with Crippen molar-refractivity contribution in [2.24, 2.45) is 0 Å². The van der Waals surface area contributed by atoms with Crippen LogP contribution in [0.25, 0.3) is 0 Å². The molecular weight excluding hydrogens is 376 g/mol. The highest BCUT2D eigenvalue weighted by molar-refractivity contribution is 7.89. The lowest BCUT2D eigenvalue weighted by Gasteiger charge is -2.35. The van der Waals surface area contributed by atoms with Gasteiger partial charge in [0, 0.05) is 30.7 Å². The second-order valence-corrected chi connectivity index (χ2v) is 8.41. The molecule has 1 atom stereocenters. The Morgan fingerprint density at radius 2 is 2.00 bits per heavy atom. The highest BCUT2D eigenvalue weighted by atomic mass is 35.5. The molecule has 9 heteroatoms. The number of aromatic amines is 1. The number of aromatic nitrogens is 2. The van der Waals surface area contributed by atoms with Crippen molar-refractivity contribution < 1.29 is 13.2 Å². The number of nitrogens with one attached hydrogen (secondary N) is 2. The van der Waals surface area contributed by atoms with Crippen LogP contribution >= 0.6 is 11.6 Å². The fraction of sp³-hybridized carbons (Fsp3) is 0.471. The van der Waals surface area contributed by atoms with Crippen LogP contribution in [0.15, 0.2) is 29.2 Å². The van der Waals surface area contributed by atoms with Crippen molar-refractivity contribution in [3.63, 3.8) is 0 Å². The van der Waals surface area contributed by atoms with Crippen LogP contribution in [0.2, 0.25) is 5.02 Å². The van der Waals surface area contributed by atoms with Gasteiger partial charge in [0.05, 0.1) is 24.6 Å². The first-order chi connectivity index (χ1) is 12.4. The van der Waals surface area contributed by atoms with Crippen LogP contribution in [0.5, 0.6) is 0 Å². The fourth-order valence-corrected chi connectivity index (χ4v) is 4.93. The molecule has 1 aromatic carbocycles. The van der Waals surface area contributed by atoms with E-state index in [1.165, 1.54) is 0 Å². The molecule has 2 N–H and O–H groups in total. The Morgan fingerprint density at radius 1 is 1.31 bits per heavy atom. The monoisotopic (exact) mass is 398 g/mol. The number of aryl methyl sites for hydroxylation is 2. The number of ether oxygens (including phenoxy) is 1. The number of nitrogens with zero attached hydrogens (tertiary/aromatic N) is 2. The molecule has 2 aromatic rings. The van der Waals surface area contributed by atoms with Crippen molar-refractivity contribution in [2.45, 2.75) is 24.8 Å². The van der Waals surface area contributed by atoms with Crippen LogP contribution in [-0.2, 0) is 14.8 Å². The highest BCUT2D eigenvalue weighted by Gasteiger charge is 2.28. The minimum atomic E-state index is -3.68. The van der Waals surface area contributed by atoms with Gasteiger partial charge < -0.3 is 4.74 Å². The number of benzene rings is 1. The third-order valence-electron chi connectivity index (χ3n) is 4.55. The Bertz CT molecular complexity index is 843. The van der Waals surface area contributed by atoms with Gasteiger partial charge in [0.25, 0.3) is 0 Å². The van der Waals surface area contributed by atoms with Gasteiger partial charge in [-0.1, -0.05) is 29.8 Å². The van der Waals surface area contributed by atoms with Crippen LogP contribution in [0.3, 0.4) is 0 Å². The number of H-pyrrole nitrogens is 1. The fourth-order valence-electron chi connectivity index (χ4n) is 3.27. The average molecular weight is 399 g/mol.